The number of urea groups is 1. The lowest BCUT2D eigenvalue weighted by Crippen LogP contribution is -2.54. The monoisotopic (exact) mass is 274 g/mol. The fourth-order valence-electron chi connectivity index (χ4n) is 2.00. The largest absolute Gasteiger partial charge is 0.481 e. The van der Waals surface area contributed by atoms with Crippen molar-refractivity contribution in [3.8, 4) is 0 Å². The normalized spacial score (nSPS) is 27.1. The molecule has 1 fully saturated rings. The zero-order valence-electron chi connectivity index (χ0n) is 11.8. The van der Waals surface area contributed by atoms with E-state index in [0.29, 0.717) is 0 Å². The van der Waals surface area contributed by atoms with E-state index in [-0.39, 0.29) is 19.8 Å². The molecule has 1 rings (SSSR count). The predicted octanol–water partition coefficient (Wildman–Crippen LogP) is -0.112. The van der Waals surface area contributed by atoms with Gasteiger partial charge < -0.3 is 25.2 Å². The van der Waals surface area contributed by atoms with Gasteiger partial charge >= 0.3 is 12.0 Å². The maximum Gasteiger partial charge on any atom is 0.317 e. The molecule has 1 aliphatic rings. The van der Waals surface area contributed by atoms with E-state index in [9.17, 15) is 19.8 Å². The van der Waals surface area contributed by atoms with Crippen molar-refractivity contribution in [1.29, 1.82) is 0 Å². The van der Waals surface area contributed by atoms with Crippen molar-refractivity contribution in [2.75, 3.05) is 26.8 Å². The number of carboxylic acid groups (broad SMARTS) is 1. The van der Waals surface area contributed by atoms with Gasteiger partial charge in [-0.3, -0.25) is 4.79 Å². The number of carboxylic acids is 1. The van der Waals surface area contributed by atoms with Crippen LogP contribution in [0.4, 0.5) is 4.79 Å². The Kier molecular flexibility index (Phi) is 4.42. The number of hydrogen-bond donors (Lipinski definition) is 3. The Bertz CT molecular complexity index is 366. The van der Waals surface area contributed by atoms with Crippen molar-refractivity contribution in [1.82, 2.24) is 10.2 Å². The van der Waals surface area contributed by atoms with Gasteiger partial charge in [0, 0.05) is 7.05 Å². The van der Waals surface area contributed by atoms with Crippen LogP contribution in [0.1, 0.15) is 20.8 Å². The molecule has 0 radical (unpaired) electrons. The minimum atomic E-state index is -1.12. The van der Waals surface area contributed by atoms with Crippen LogP contribution in [0.5, 0.6) is 0 Å². The summed E-state index contributed by atoms with van der Waals surface area (Å²) in [5, 5.41) is 21.5. The van der Waals surface area contributed by atoms with Crippen molar-refractivity contribution in [3.05, 3.63) is 0 Å². The van der Waals surface area contributed by atoms with E-state index < -0.39 is 29.1 Å². The van der Waals surface area contributed by atoms with Crippen LogP contribution in [0, 0.1) is 5.41 Å². The van der Waals surface area contributed by atoms with Gasteiger partial charge in [-0.15, -0.1) is 0 Å². The van der Waals surface area contributed by atoms with E-state index in [4.69, 9.17) is 4.74 Å². The summed E-state index contributed by atoms with van der Waals surface area (Å²) in [5.41, 5.74) is -2.13. The lowest BCUT2D eigenvalue weighted by atomic mass is 9.85. The Morgan fingerprint density at radius 2 is 2.11 bits per heavy atom. The maximum absolute atomic E-state index is 11.9. The van der Waals surface area contributed by atoms with E-state index in [1.165, 1.54) is 4.90 Å². The molecular weight excluding hydrogens is 252 g/mol. The number of carbonyl (C=O) groups excluding carboxylic acids is 1. The first-order valence-electron chi connectivity index (χ1n) is 6.11. The van der Waals surface area contributed by atoms with Crippen molar-refractivity contribution < 1.29 is 24.5 Å². The topological polar surface area (TPSA) is 99.1 Å². The molecule has 7 nitrogen and oxygen atoms in total. The Morgan fingerprint density at radius 3 is 2.58 bits per heavy atom. The minimum Gasteiger partial charge on any atom is -0.481 e. The third kappa shape index (κ3) is 3.81. The highest BCUT2D eigenvalue weighted by Crippen LogP contribution is 2.28. The number of ether oxygens (including phenoxy) is 1. The van der Waals surface area contributed by atoms with Gasteiger partial charge in [0.25, 0.3) is 0 Å². The van der Waals surface area contributed by atoms with Crippen LogP contribution < -0.4 is 5.32 Å². The van der Waals surface area contributed by atoms with Crippen LogP contribution in [0.25, 0.3) is 0 Å². The third-order valence-electron chi connectivity index (χ3n) is 3.21. The Labute approximate surface area is 112 Å². The van der Waals surface area contributed by atoms with Crippen molar-refractivity contribution in [3.63, 3.8) is 0 Å². The van der Waals surface area contributed by atoms with Crippen LogP contribution in [0.3, 0.4) is 0 Å². The molecule has 0 bridgehead atoms. The summed E-state index contributed by atoms with van der Waals surface area (Å²) in [6, 6.07) is -1.01. The number of nitrogens with zero attached hydrogens (tertiary/aromatic N) is 1. The van der Waals surface area contributed by atoms with Crippen LogP contribution in [-0.4, -0.2) is 65.6 Å². The van der Waals surface area contributed by atoms with Gasteiger partial charge in [0.15, 0.2) is 0 Å². The van der Waals surface area contributed by atoms with Gasteiger partial charge in [0.2, 0.25) is 0 Å². The summed E-state index contributed by atoms with van der Waals surface area (Å²) in [7, 11) is 1.54. The Hall–Kier alpha value is -1.34. The van der Waals surface area contributed by atoms with Gasteiger partial charge in [0.1, 0.15) is 5.41 Å². The summed E-state index contributed by atoms with van der Waals surface area (Å²) >= 11 is 0. The van der Waals surface area contributed by atoms with E-state index in [2.05, 4.69) is 5.32 Å². The van der Waals surface area contributed by atoms with E-state index in [1.807, 2.05) is 0 Å². The average molecular weight is 274 g/mol. The first-order chi connectivity index (χ1) is 8.56. The van der Waals surface area contributed by atoms with Crippen molar-refractivity contribution in [2.45, 2.75) is 32.4 Å². The van der Waals surface area contributed by atoms with E-state index in [1.54, 1.807) is 27.8 Å². The molecule has 19 heavy (non-hydrogen) atoms. The summed E-state index contributed by atoms with van der Waals surface area (Å²) in [5.74, 6) is -1.000. The van der Waals surface area contributed by atoms with Gasteiger partial charge in [-0.1, -0.05) is 0 Å². The molecule has 2 unspecified atom stereocenters. The van der Waals surface area contributed by atoms with E-state index >= 15 is 0 Å². The second-order valence-electron chi connectivity index (χ2n) is 5.91. The number of amides is 2. The number of nitrogens with one attached hydrogen (secondary N) is 1. The van der Waals surface area contributed by atoms with Crippen LogP contribution >= 0.6 is 0 Å². The SMILES string of the molecule is CN(CC(C)(C)O)C(=O)NC1COCC1(C)C(=O)O. The second kappa shape index (κ2) is 5.34. The highest BCUT2D eigenvalue weighted by molar-refractivity contribution is 5.79. The van der Waals surface area contributed by atoms with Crippen LogP contribution in [-0.2, 0) is 9.53 Å². The number of hydrogen-bond acceptors (Lipinski definition) is 4. The quantitative estimate of drug-likeness (QED) is 0.664. The maximum atomic E-state index is 11.9. The first-order valence-corrected chi connectivity index (χ1v) is 6.11. The zero-order chi connectivity index (χ0) is 14.8. The highest BCUT2D eigenvalue weighted by Gasteiger charge is 2.47. The lowest BCUT2D eigenvalue weighted by molar-refractivity contribution is -0.148. The molecule has 0 aliphatic carbocycles. The Morgan fingerprint density at radius 1 is 1.53 bits per heavy atom. The van der Waals surface area contributed by atoms with Crippen molar-refractivity contribution >= 4 is 12.0 Å². The molecule has 110 valence electrons. The molecular formula is C12H22N2O5. The predicted molar refractivity (Wildman–Crippen MR) is 67.8 cm³/mol. The highest BCUT2D eigenvalue weighted by atomic mass is 16.5. The lowest BCUT2D eigenvalue weighted by Gasteiger charge is -2.30. The molecule has 7 heteroatoms. The van der Waals surface area contributed by atoms with Gasteiger partial charge in [-0.05, 0) is 20.8 Å². The molecule has 0 aromatic rings. The average Bonchev–Trinajstić information content (AvgIpc) is 2.59. The molecule has 2 amide bonds. The van der Waals surface area contributed by atoms with E-state index in [0.717, 1.165) is 0 Å². The van der Waals surface area contributed by atoms with Gasteiger partial charge in [-0.2, -0.15) is 0 Å². The summed E-state index contributed by atoms with van der Waals surface area (Å²) in [6.07, 6.45) is 0. The van der Waals surface area contributed by atoms with Crippen LogP contribution in [0.2, 0.25) is 0 Å². The molecule has 1 aliphatic heterocycles. The smallest absolute Gasteiger partial charge is 0.317 e. The zero-order valence-corrected chi connectivity index (χ0v) is 11.8. The second-order valence-corrected chi connectivity index (χ2v) is 5.91. The summed E-state index contributed by atoms with van der Waals surface area (Å²) in [4.78, 5) is 24.5. The number of aliphatic hydroxyl groups is 1. The molecule has 0 spiro atoms. The third-order valence-corrected chi connectivity index (χ3v) is 3.21. The number of rotatable bonds is 4. The fraction of sp³-hybridized carbons (Fsp3) is 0.833. The van der Waals surface area contributed by atoms with Crippen LogP contribution in [0.15, 0.2) is 0 Å². The molecule has 0 aromatic heterocycles. The molecule has 1 heterocycles. The molecule has 1 saturated heterocycles. The first kappa shape index (κ1) is 15.7. The van der Waals surface area contributed by atoms with Crippen molar-refractivity contribution in [2.24, 2.45) is 5.41 Å². The number of aliphatic carboxylic acids is 1. The summed E-state index contributed by atoms with van der Waals surface area (Å²) in [6.45, 7) is 5.13. The molecule has 0 aromatic carbocycles. The minimum absolute atomic E-state index is 0.0719. The van der Waals surface area contributed by atoms with Gasteiger partial charge in [-0.25, -0.2) is 4.79 Å². The molecule has 0 saturated carbocycles. The fourth-order valence-corrected chi connectivity index (χ4v) is 2.00. The number of likely N-dealkylation sites (N-methyl/N-ethyl adjacent to an activating group) is 1. The number of carbonyl (C=O) groups is 2. The Balaban J connectivity index is 2.64. The summed E-state index contributed by atoms with van der Waals surface area (Å²) < 4.78 is 5.15. The standard InChI is InChI=1S/C12H22N2O5/c1-11(2,18)6-14(4)10(17)13-8-5-19-7-12(8,3)9(15)16/h8,18H,5-7H2,1-4H3,(H,13,17)(H,15,16). The molecule has 2 atom stereocenters. The molecule has 3 N–H and O–H groups in total. The van der Waals surface area contributed by atoms with Gasteiger partial charge in [0.05, 0.1) is 31.4 Å².